The Labute approximate surface area is 158 Å². The molecule has 3 aromatic heterocycles. The third kappa shape index (κ3) is 3.17. The molecule has 0 saturated heterocycles. The Morgan fingerprint density at radius 2 is 2.11 bits per heavy atom. The highest BCUT2D eigenvalue weighted by Crippen LogP contribution is 2.28. The second-order valence-corrected chi connectivity index (χ2v) is 6.00. The third-order valence-electron chi connectivity index (χ3n) is 3.90. The van der Waals surface area contributed by atoms with Crippen molar-refractivity contribution in [2.45, 2.75) is 6.61 Å². The number of nitriles is 1. The second-order valence-electron chi connectivity index (χ2n) is 5.59. The van der Waals surface area contributed by atoms with Gasteiger partial charge in [-0.1, -0.05) is 17.7 Å². The summed E-state index contributed by atoms with van der Waals surface area (Å²) in [6.45, 7) is -0.184. The maximum atomic E-state index is 9.37. The molecule has 27 heavy (non-hydrogen) atoms. The van der Waals surface area contributed by atoms with Gasteiger partial charge in [0.2, 0.25) is 0 Å². The zero-order valence-electron chi connectivity index (χ0n) is 13.8. The van der Waals surface area contributed by atoms with Crippen molar-refractivity contribution in [2.75, 3.05) is 5.32 Å². The molecule has 0 saturated carbocycles. The lowest BCUT2D eigenvalue weighted by Gasteiger charge is -2.06. The van der Waals surface area contributed by atoms with Gasteiger partial charge in [-0.15, -0.1) is 0 Å². The maximum Gasteiger partial charge on any atom is 0.142 e. The summed E-state index contributed by atoms with van der Waals surface area (Å²) < 4.78 is 1.57. The molecular weight excluding hydrogens is 366 g/mol. The highest BCUT2D eigenvalue weighted by atomic mass is 35.5. The highest BCUT2D eigenvalue weighted by molar-refractivity contribution is 6.32. The maximum absolute atomic E-state index is 9.37. The number of para-hydroxylation sites is 1. The number of aliphatic hydroxyl groups is 1. The number of nitrogens with zero attached hydrogens (tertiary/aromatic N) is 6. The van der Waals surface area contributed by atoms with Crippen molar-refractivity contribution in [3.8, 4) is 11.8 Å². The lowest BCUT2D eigenvalue weighted by atomic mass is 10.2. The van der Waals surface area contributed by atoms with Crippen LogP contribution in [0.2, 0.25) is 5.02 Å². The quantitative estimate of drug-likeness (QED) is 0.562. The minimum atomic E-state index is -0.184. The molecule has 132 valence electrons. The molecule has 0 unspecified atom stereocenters. The summed E-state index contributed by atoms with van der Waals surface area (Å²) in [4.78, 5) is 12.4. The van der Waals surface area contributed by atoms with E-state index in [1.165, 1.54) is 6.33 Å². The van der Waals surface area contributed by atoms with Crippen molar-refractivity contribution in [1.29, 1.82) is 5.26 Å². The highest BCUT2D eigenvalue weighted by Gasteiger charge is 2.14. The average molecular weight is 378 g/mol. The lowest BCUT2D eigenvalue weighted by molar-refractivity contribution is 0.276. The molecule has 0 aliphatic rings. The van der Waals surface area contributed by atoms with E-state index < -0.39 is 0 Å². The van der Waals surface area contributed by atoms with Gasteiger partial charge >= 0.3 is 0 Å². The van der Waals surface area contributed by atoms with Crippen molar-refractivity contribution < 1.29 is 5.11 Å². The van der Waals surface area contributed by atoms with Crippen LogP contribution >= 0.6 is 11.6 Å². The smallest absolute Gasteiger partial charge is 0.142 e. The number of pyridine rings is 1. The first kappa shape index (κ1) is 16.9. The molecule has 0 amide bonds. The Morgan fingerprint density at radius 1 is 1.22 bits per heavy atom. The van der Waals surface area contributed by atoms with Crippen LogP contribution < -0.4 is 5.32 Å². The molecule has 1 aromatic carbocycles. The number of nitrogens with one attached hydrogen (secondary N) is 1. The van der Waals surface area contributed by atoms with Gasteiger partial charge in [-0.25, -0.2) is 19.6 Å². The zero-order chi connectivity index (χ0) is 18.8. The van der Waals surface area contributed by atoms with Crippen LogP contribution in [-0.4, -0.2) is 29.8 Å². The first-order valence-electron chi connectivity index (χ1n) is 7.92. The number of aromatic nitrogens is 5. The van der Waals surface area contributed by atoms with Crippen LogP contribution in [0.1, 0.15) is 11.3 Å². The van der Waals surface area contributed by atoms with Gasteiger partial charge in [0.05, 0.1) is 33.8 Å². The van der Waals surface area contributed by atoms with Crippen LogP contribution in [0.4, 0.5) is 11.6 Å². The minimum Gasteiger partial charge on any atom is -0.390 e. The number of halogens is 1. The van der Waals surface area contributed by atoms with Gasteiger partial charge in [-0.3, -0.25) is 0 Å². The Morgan fingerprint density at radius 3 is 2.93 bits per heavy atom. The predicted octanol–water partition coefficient (Wildman–Crippen LogP) is 2.97. The number of aliphatic hydroxyl groups excluding tert-OH is 1. The third-order valence-corrected chi connectivity index (χ3v) is 4.21. The number of rotatable bonds is 4. The van der Waals surface area contributed by atoms with Crippen LogP contribution in [-0.2, 0) is 6.61 Å². The fourth-order valence-electron chi connectivity index (χ4n) is 2.67. The summed E-state index contributed by atoms with van der Waals surface area (Å²) in [5, 5.41) is 27.4. The van der Waals surface area contributed by atoms with Gasteiger partial charge in [0.15, 0.2) is 0 Å². The van der Waals surface area contributed by atoms with E-state index in [1.807, 2.05) is 0 Å². The lowest BCUT2D eigenvalue weighted by Crippen LogP contribution is -1.99. The first-order chi connectivity index (χ1) is 13.2. The van der Waals surface area contributed by atoms with Crippen molar-refractivity contribution in [3.05, 3.63) is 65.3 Å². The summed E-state index contributed by atoms with van der Waals surface area (Å²) in [7, 11) is 0. The Hall–Kier alpha value is -3.54. The van der Waals surface area contributed by atoms with Crippen molar-refractivity contribution >= 4 is 34.1 Å². The van der Waals surface area contributed by atoms with Gasteiger partial charge in [0.1, 0.15) is 29.7 Å². The molecule has 0 atom stereocenters. The molecular formula is C18H12ClN7O. The Kier molecular flexibility index (Phi) is 4.38. The molecule has 4 rings (SSSR count). The van der Waals surface area contributed by atoms with Crippen LogP contribution in [0.3, 0.4) is 0 Å². The van der Waals surface area contributed by atoms with Crippen LogP contribution in [0.15, 0.2) is 49.1 Å². The number of hydrogen-bond acceptors (Lipinski definition) is 7. The van der Waals surface area contributed by atoms with Crippen LogP contribution in [0.25, 0.3) is 16.6 Å². The van der Waals surface area contributed by atoms with Gasteiger partial charge in [-0.2, -0.15) is 10.4 Å². The van der Waals surface area contributed by atoms with Gasteiger partial charge in [0, 0.05) is 18.5 Å². The zero-order valence-corrected chi connectivity index (χ0v) is 14.6. The van der Waals surface area contributed by atoms with E-state index in [9.17, 15) is 10.4 Å². The molecule has 9 heteroatoms. The standard InChI is InChI=1S/C18H12ClN7O/c19-14-3-1-2-11(7-20)17(14)26-8-13-15(25-26)4-5-21-18(13)24-16-6-12(9-27)22-10-23-16/h1-6,8,10,27H,9H2,(H,21,22,23,24). The van der Waals surface area contributed by atoms with Crippen molar-refractivity contribution in [3.63, 3.8) is 0 Å². The summed E-state index contributed by atoms with van der Waals surface area (Å²) in [5.74, 6) is 1.03. The van der Waals surface area contributed by atoms with Gasteiger partial charge < -0.3 is 10.4 Å². The Balaban J connectivity index is 1.81. The minimum absolute atomic E-state index is 0.184. The predicted molar refractivity (Wildman–Crippen MR) is 99.8 cm³/mol. The normalized spacial score (nSPS) is 10.7. The molecule has 0 fully saturated rings. The van der Waals surface area contributed by atoms with Gasteiger partial charge in [-0.05, 0) is 18.2 Å². The Bertz CT molecular complexity index is 1180. The topological polar surface area (TPSA) is 113 Å². The van der Waals surface area contributed by atoms with Gasteiger partial charge in [0.25, 0.3) is 0 Å². The molecule has 2 N–H and O–H groups in total. The van der Waals surface area contributed by atoms with Crippen molar-refractivity contribution in [2.24, 2.45) is 0 Å². The molecule has 3 heterocycles. The monoisotopic (exact) mass is 377 g/mol. The van der Waals surface area contributed by atoms with Crippen LogP contribution in [0, 0.1) is 11.3 Å². The number of anilines is 2. The largest absolute Gasteiger partial charge is 0.390 e. The second kappa shape index (κ2) is 6.99. The van der Waals surface area contributed by atoms with E-state index in [1.54, 1.807) is 47.4 Å². The number of fused-ring (bicyclic) bond motifs is 1. The van der Waals surface area contributed by atoms with E-state index in [-0.39, 0.29) is 6.61 Å². The molecule has 0 aliphatic carbocycles. The summed E-state index contributed by atoms with van der Waals surface area (Å²) in [5.41, 5.74) is 2.09. The number of hydrogen-bond donors (Lipinski definition) is 2. The van der Waals surface area contributed by atoms with E-state index in [0.29, 0.717) is 39.1 Å². The fraction of sp³-hybridized carbons (Fsp3) is 0.0556. The molecule has 0 bridgehead atoms. The molecule has 0 spiro atoms. The molecule has 0 aliphatic heterocycles. The molecule has 4 aromatic rings. The van der Waals surface area contributed by atoms with E-state index in [4.69, 9.17) is 11.6 Å². The SMILES string of the molecule is N#Cc1cccc(Cl)c1-n1cc2c(Nc3cc(CO)ncn3)nccc2n1. The fourth-order valence-corrected chi connectivity index (χ4v) is 2.93. The van der Waals surface area contributed by atoms with Crippen LogP contribution in [0.5, 0.6) is 0 Å². The molecule has 0 radical (unpaired) electrons. The summed E-state index contributed by atoms with van der Waals surface area (Å²) in [6, 6.07) is 10.6. The summed E-state index contributed by atoms with van der Waals surface area (Å²) >= 11 is 6.29. The average Bonchev–Trinajstić information content (AvgIpc) is 3.12. The van der Waals surface area contributed by atoms with E-state index >= 15 is 0 Å². The summed E-state index contributed by atoms with van der Waals surface area (Å²) in [6.07, 6.45) is 4.73. The number of benzene rings is 1. The molecule has 8 nitrogen and oxygen atoms in total. The van der Waals surface area contributed by atoms with E-state index in [2.05, 4.69) is 31.4 Å². The van der Waals surface area contributed by atoms with Crippen molar-refractivity contribution in [1.82, 2.24) is 24.7 Å². The van der Waals surface area contributed by atoms with E-state index in [0.717, 1.165) is 5.39 Å². The first-order valence-corrected chi connectivity index (χ1v) is 8.29.